The average molecular weight is 434 g/mol. The fourth-order valence-corrected chi connectivity index (χ4v) is 4.08. The van der Waals surface area contributed by atoms with Crippen molar-refractivity contribution in [1.29, 1.82) is 0 Å². The zero-order chi connectivity index (χ0) is 21.2. The molecule has 0 aliphatic rings. The third kappa shape index (κ3) is 4.74. The van der Waals surface area contributed by atoms with E-state index in [9.17, 15) is 27.9 Å². The van der Waals surface area contributed by atoms with Crippen molar-refractivity contribution in [2.75, 3.05) is 9.62 Å². The summed E-state index contributed by atoms with van der Waals surface area (Å²) in [7, 11) is -4.79. The van der Waals surface area contributed by atoms with Gasteiger partial charge in [0.25, 0.3) is 5.69 Å². The minimum atomic E-state index is -4.79. The monoisotopic (exact) mass is 434 g/mol. The predicted octanol–water partition coefficient (Wildman–Crippen LogP) is 3.62. The van der Waals surface area contributed by atoms with Crippen LogP contribution >= 0.6 is 11.3 Å². The molecule has 3 aromatic rings. The Bertz CT molecular complexity index is 1190. The zero-order valence-electron chi connectivity index (χ0n) is 14.8. The van der Waals surface area contributed by atoms with Crippen LogP contribution in [0.15, 0.2) is 53.9 Å². The molecule has 1 amide bonds. The average Bonchev–Trinajstić information content (AvgIpc) is 3.09. The number of carbonyl (C=O) groups excluding carboxylic acids is 1. The van der Waals surface area contributed by atoms with E-state index in [1.165, 1.54) is 48.6 Å². The van der Waals surface area contributed by atoms with E-state index in [0.717, 1.165) is 6.07 Å². The minimum absolute atomic E-state index is 0.0552. The molecular formula is C17H14N4O6S2. The molecule has 150 valence electrons. The van der Waals surface area contributed by atoms with E-state index in [-0.39, 0.29) is 23.0 Å². The molecule has 2 aromatic carbocycles. The number of non-ortho nitro benzene ring substituents is 1. The summed E-state index contributed by atoms with van der Waals surface area (Å²) in [6.07, 6.45) is 0. The fraction of sp³-hybridized carbons (Fsp3) is 0.0588. The highest BCUT2D eigenvalue weighted by Gasteiger charge is 2.24. The largest absolute Gasteiger partial charge is 0.364 e. The van der Waals surface area contributed by atoms with Crippen LogP contribution < -0.4 is 9.62 Å². The molecule has 3 rings (SSSR count). The van der Waals surface area contributed by atoms with Crippen LogP contribution in [-0.4, -0.2) is 28.8 Å². The number of nitro groups is 1. The number of aromatic nitrogens is 1. The highest BCUT2D eigenvalue weighted by atomic mass is 32.2. The maximum atomic E-state index is 12.0. The number of hydrogen-bond acceptors (Lipinski definition) is 7. The number of amides is 1. The first-order chi connectivity index (χ1) is 13.6. The molecule has 0 saturated carbocycles. The van der Waals surface area contributed by atoms with Gasteiger partial charge < -0.3 is 5.32 Å². The molecule has 0 atom stereocenters. The quantitative estimate of drug-likeness (QED) is 0.343. The number of rotatable bonds is 6. The van der Waals surface area contributed by atoms with Crippen molar-refractivity contribution in [2.24, 2.45) is 0 Å². The highest BCUT2D eigenvalue weighted by Crippen LogP contribution is 2.34. The van der Waals surface area contributed by atoms with Crippen LogP contribution in [0.3, 0.4) is 0 Å². The lowest BCUT2D eigenvalue weighted by Gasteiger charge is -2.21. The van der Waals surface area contributed by atoms with Crippen molar-refractivity contribution >= 4 is 49.7 Å². The van der Waals surface area contributed by atoms with Crippen molar-refractivity contribution in [3.8, 4) is 11.3 Å². The van der Waals surface area contributed by atoms with E-state index < -0.39 is 15.2 Å². The SMILES string of the molecule is CC(=O)Nc1nc(-c2cccc(N(c3cccc([N+](=O)[O-])c3)S(=O)(=O)O)c2)cs1. The van der Waals surface area contributed by atoms with Crippen LogP contribution in [0.5, 0.6) is 0 Å². The summed E-state index contributed by atoms with van der Waals surface area (Å²) in [6, 6.07) is 11.0. The van der Waals surface area contributed by atoms with Crippen molar-refractivity contribution in [1.82, 2.24) is 4.98 Å². The number of nitrogens with zero attached hydrogens (tertiary/aromatic N) is 3. The Balaban J connectivity index is 2.06. The fourth-order valence-electron chi connectivity index (χ4n) is 2.55. The predicted molar refractivity (Wildman–Crippen MR) is 109 cm³/mol. The van der Waals surface area contributed by atoms with Crippen molar-refractivity contribution < 1.29 is 22.7 Å². The Morgan fingerprint density at radius 3 is 2.48 bits per heavy atom. The van der Waals surface area contributed by atoms with E-state index in [2.05, 4.69) is 10.3 Å². The zero-order valence-corrected chi connectivity index (χ0v) is 16.5. The summed E-state index contributed by atoms with van der Waals surface area (Å²) in [5.41, 5.74) is 0.631. The van der Waals surface area contributed by atoms with E-state index >= 15 is 0 Å². The van der Waals surface area contributed by atoms with Gasteiger partial charge in [0.05, 0.1) is 22.0 Å². The van der Waals surface area contributed by atoms with Crippen LogP contribution in [0.4, 0.5) is 22.2 Å². The number of hydrogen-bond donors (Lipinski definition) is 2. The molecule has 1 heterocycles. The summed E-state index contributed by atoms with van der Waals surface area (Å²) < 4.78 is 34.4. The third-order valence-corrected chi connectivity index (χ3v) is 5.31. The highest BCUT2D eigenvalue weighted by molar-refractivity contribution is 7.87. The number of thiazole rings is 1. The van der Waals surface area contributed by atoms with E-state index in [1.54, 1.807) is 17.5 Å². The molecule has 0 radical (unpaired) electrons. The summed E-state index contributed by atoms with van der Waals surface area (Å²) >= 11 is 1.19. The lowest BCUT2D eigenvalue weighted by Crippen LogP contribution is -2.25. The van der Waals surface area contributed by atoms with Crippen LogP contribution in [-0.2, 0) is 15.1 Å². The topological polar surface area (TPSA) is 143 Å². The third-order valence-electron chi connectivity index (χ3n) is 3.67. The van der Waals surface area contributed by atoms with Gasteiger partial charge in [0.15, 0.2) is 5.13 Å². The number of carbonyl (C=O) groups is 1. The number of nitro benzene ring substituents is 1. The first kappa shape index (κ1) is 20.4. The maximum absolute atomic E-state index is 12.0. The van der Waals surface area contributed by atoms with Gasteiger partial charge in [-0.2, -0.15) is 8.42 Å². The van der Waals surface area contributed by atoms with Crippen molar-refractivity contribution in [2.45, 2.75) is 6.92 Å². The molecule has 0 aliphatic carbocycles. The Hall–Kier alpha value is -3.35. The normalized spacial score (nSPS) is 11.1. The number of benzene rings is 2. The van der Waals surface area contributed by atoms with Gasteiger partial charge >= 0.3 is 10.3 Å². The van der Waals surface area contributed by atoms with Gasteiger partial charge in [0.2, 0.25) is 5.91 Å². The molecule has 0 fully saturated rings. The molecule has 10 nitrogen and oxygen atoms in total. The Kier molecular flexibility index (Phi) is 5.59. The first-order valence-corrected chi connectivity index (χ1v) is 10.3. The maximum Gasteiger partial charge on any atom is 0.364 e. The lowest BCUT2D eigenvalue weighted by atomic mass is 10.1. The van der Waals surface area contributed by atoms with Crippen LogP contribution in [0.1, 0.15) is 6.92 Å². The van der Waals surface area contributed by atoms with Gasteiger partial charge in [0, 0.05) is 30.0 Å². The molecule has 0 unspecified atom stereocenters. The van der Waals surface area contributed by atoms with Gasteiger partial charge in [-0.05, 0) is 18.2 Å². The van der Waals surface area contributed by atoms with Gasteiger partial charge in [-0.3, -0.25) is 19.5 Å². The van der Waals surface area contributed by atoms with Crippen LogP contribution in [0.2, 0.25) is 0 Å². The molecule has 1 aromatic heterocycles. The van der Waals surface area contributed by atoms with Crippen LogP contribution in [0, 0.1) is 10.1 Å². The lowest BCUT2D eigenvalue weighted by molar-refractivity contribution is -0.384. The van der Waals surface area contributed by atoms with E-state index in [1.807, 2.05) is 0 Å². The summed E-state index contributed by atoms with van der Waals surface area (Å²) in [5.74, 6) is -0.275. The van der Waals surface area contributed by atoms with Crippen LogP contribution in [0.25, 0.3) is 11.3 Å². The molecule has 0 spiro atoms. The summed E-state index contributed by atoms with van der Waals surface area (Å²) in [5, 5.41) is 15.6. The van der Waals surface area contributed by atoms with Gasteiger partial charge in [-0.25, -0.2) is 9.29 Å². The number of nitrogens with one attached hydrogen (secondary N) is 1. The second-order valence-corrected chi connectivity index (χ2v) is 7.91. The van der Waals surface area contributed by atoms with E-state index in [0.29, 0.717) is 20.7 Å². The molecule has 0 aliphatic heterocycles. The minimum Gasteiger partial charge on any atom is -0.302 e. The second-order valence-electron chi connectivity index (χ2n) is 5.79. The first-order valence-electron chi connectivity index (χ1n) is 8.01. The van der Waals surface area contributed by atoms with Gasteiger partial charge in [-0.1, -0.05) is 18.2 Å². The Morgan fingerprint density at radius 2 is 1.86 bits per heavy atom. The second kappa shape index (κ2) is 7.95. The van der Waals surface area contributed by atoms with Crippen molar-refractivity contribution in [3.05, 3.63) is 64.0 Å². The van der Waals surface area contributed by atoms with E-state index in [4.69, 9.17) is 0 Å². The Labute approximate surface area is 169 Å². The van der Waals surface area contributed by atoms with Gasteiger partial charge in [0.1, 0.15) is 0 Å². The molecular weight excluding hydrogens is 420 g/mol. The summed E-state index contributed by atoms with van der Waals surface area (Å²) in [6.45, 7) is 1.35. The Morgan fingerprint density at radius 1 is 1.21 bits per heavy atom. The molecule has 12 heteroatoms. The molecule has 2 N–H and O–H groups in total. The molecule has 0 bridgehead atoms. The molecule has 0 saturated heterocycles. The molecule has 29 heavy (non-hydrogen) atoms. The van der Waals surface area contributed by atoms with Crippen molar-refractivity contribution in [3.63, 3.8) is 0 Å². The standard InChI is InChI=1S/C17H14N4O6S2/c1-11(22)18-17-19-16(10-28-17)12-4-2-5-13(8-12)20(29(25,26)27)14-6-3-7-15(9-14)21(23)24/h2-10H,1H3,(H,18,19,22)(H,25,26,27). The smallest absolute Gasteiger partial charge is 0.302 e. The summed E-state index contributed by atoms with van der Waals surface area (Å²) in [4.78, 5) is 25.8. The van der Waals surface area contributed by atoms with Gasteiger partial charge in [-0.15, -0.1) is 11.3 Å². The number of anilines is 3.